The number of nitrogens with zero attached hydrogens (tertiary/aromatic N) is 1. The Morgan fingerprint density at radius 3 is 2.72 bits per heavy atom. The summed E-state index contributed by atoms with van der Waals surface area (Å²) in [5.74, 6) is 1.21. The SMILES string of the molecule is CC1CN(CC(C)(CO)c2ccccc2)CCS1. The van der Waals surface area contributed by atoms with Gasteiger partial charge in [0.05, 0.1) is 6.61 Å². The van der Waals surface area contributed by atoms with Crippen molar-refractivity contribution in [2.45, 2.75) is 24.5 Å². The van der Waals surface area contributed by atoms with Crippen LogP contribution in [0, 0.1) is 0 Å². The van der Waals surface area contributed by atoms with E-state index in [2.05, 4.69) is 43.0 Å². The van der Waals surface area contributed by atoms with E-state index in [0.29, 0.717) is 5.25 Å². The molecule has 2 atom stereocenters. The summed E-state index contributed by atoms with van der Waals surface area (Å²) in [6.45, 7) is 7.86. The Morgan fingerprint density at radius 1 is 1.39 bits per heavy atom. The molecule has 100 valence electrons. The molecule has 1 saturated heterocycles. The predicted octanol–water partition coefficient (Wildman–Crippen LogP) is 2.37. The molecule has 0 radical (unpaired) electrons. The van der Waals surface area contributed by atoms with Gasteiger partial charge in [0, 0.05) is 36.1 Å². The smallest absolute Gasteiger partial charge is 0.0537 e. The first-order valence-corrected chi connectivity index (χ1v) is 7.69. The summed E-state index contributed by atoms with van der Waals surface area (Å²) in [6, 6.07) is 10.4. The van der Waals surface area contributed by atoms with Crippen LogP contribution in [0.5, 0.6) is 0 Å². The van der Waals surface area contributed by atoms with E-state index in [1.807, 2.05) is 17.8 Å². The summed E-state index contributed by atoms with van der Waals surface area (Å²) in [4.78, 5) is 2.49. The van der Waals surface area contributed by atoms with Crippen LogP contribution in [-0.2, 0) is 5.41 Å². The number of rotatable bonds is 4. The first-order chi connectivity index (χ1) is 8.64. The molecule has 2 nitrogen and oxygen atoms in total. The number of thioether (sulfide) groups is 1. The van der Waals surface area contributed by atoms with E-state index in [-0.39, 0.29) is 12.0 Å². The highest BCUT2D eigenvalue weighted by Crippen LogP contribution is 2.27. The molecule has 0 bridgehead atoms. The highest BCUT2D eigenvalue weighted by Gasteiger charge is 2.30. The molecule has 0 aromatic heterocycles. The summed E-state index contributed by atoms with van der Waals surface area (Å²) >= 11 is 2.05. The fraction of sp³-hybridized carbons (Fsp3) is 0.600. The van der Waals surface area contributed by atoms with Crippen LogP contribution in [0.3, 0.4) is 0 Å². The summed E-state index contributed by atoms with van der Waals surface area (Å²) < 4.78 is 0. The van der Waals surface area contributed by atoms with Gasteiger partial charge in [-0.25, -0.2) is 0 Å². The molecule has 3 heteroatoms. The zero-order chi connectivity index (χ0) is 13.0. The molecule has 1 heterocycles. The molecule has 1 fully saturated rings. The zero-order valence-electron chi connectivity index (χ0n) is 11.3. The average molecular weight is 265 g/mol. The second kappa shape index (κ2) is 6.09. The van der Waals surface area contributed by atoms with Gasteiger partial charge in [-0.1, -0.05) is 44.2 Å². The third kappa shape index (κ3) is 3.28. The Morgan fingerprint density at radius 2 is 2.11 bits per heavy atom. The minimum atomic E-state index is -0.150. The average Bonchev–Trinajstić information content (AvgIpc) is 2.39. The highest BCUT2D eigenvalue weighted by molar-refractivity contribution is 7.99. The molecular formula is C15H23NOS. The van der Waals surface area contributed by atoms with Crippen molar-refractivity contribution < 1.29 is 5.11 Å². The normalized spacial score (nSPS) is 24.7. The van der Waals surface area contributed by atoms with Crippen LogP contribution in [0.15, 0.2) is 30.3 Å². The fourth-order valence-corrected chi connectivity index (χ4v) is 3.68. The van der Waals surface area contributed by atoms with E-state index in [4.69, 9.17) is 0 Å². The summed E-state index contributed by atoms with van der Waals surface area (Å²) in [5, 5.41) is 10.5. The molecule has 1 N–H and O–H groups in total. The third-order valence-electron chi connectivity index (χ3n) is 3.72. The Labute approximate surface area is 114 Å². The minimum Gasteiger partial charge on any atom is -0.395 e. The van der Waals surface area contributed by atoms with E-state index < -0.39 is 0 Å². The lowest BCUT2D eigenvalue weighted by Crippen LogP contribution is -2.46. The second-order valence-electron chi connectivity index (χ2n) is 5.50. The van der Waals surface area contributed by atoms with Crippen molar-refractivity contribution in [1.82, 2.24) is 4.90 Å². The van der Waals surface area contributed by atoms with Crippen molar-refractivity contribution in [3.8, 4) is 0 Å². The first kappa shape index (κ1) is 13.9. The molecule has 1 aromatic carbocycles. The lowest BCUT2D eigenvalue weighted by molar-refractivity contribution is 0.146. The van der Waals surface area contributed by atoms with Crippen LogP contribution >= 0.6 is 11.8 Å². The molecule has 0 spiro atoms. The zero-order valence-corrected chi connectivity index (χ0v) is 12.1. The molecule has 0 saturated carbocycles. The molecule has 1 aromatic rings. The quantitative estimate of drug-likeness (QED) is 0.904. The van der Waals surface area contributed by atoms with Crippen LogP contribution in [0.4, 0.5) is 0 Å². The lowest BCUT2D eigenvalue weighted by atomic mass is 9.82. The van der Waals surface area contributed by atoms with Gasteiger partial charge in [0.2, 0.25) is 0 Å². The van der Waals surface area contributed by atoms with Crippen LogP contribution < -0.4 is 0 Å². The van der Waals surface area contributed by atoms with Gasteiger partial charge < -0.3 is 10.0 Å². The highest BCUT2D eigenvalue weighted by atomic mass is 32.2. The van der Waals surface area contributed by atoms with Crippen molar-refractivity contribution in [3.05, 3.63) is 35.9 Å². The molecule has 1 aliphatic heterocycles. The van der Waals surface area contributed by atoms with Crippen molar-refractivity contribution in [2.24, 2.45) is 0 Å². The van der Waals surface area contributed by atoms with Crippen molar-refractivity contribution >= 4 is 11.8 Å². The topological polar surface area (TPSA) is 23.5 Å². The number of hydrogen-bond donors (Lipinski definition) is 1. The van der Waals surface area contributed by atoms with E-state index >= 15 is 0 Å². The van der Waals surface area contributed by atoms with E-state index in [9.17, 15) is 5.11 Å². The van der Waals surface area contributed by atoms with E-state index in [0.717, 1.165) is 19.6 Å². The van der Waals surface area contributed by atoms with Gasteiger partial charge in [-0.3, -0.25) is 0 Å². The lowest BCUT2D eigenvalue weighted by Gasteiger charge is -2.38. The second-order valence-corrected chi connectivity index (χ2v) is 7.05. The largest absolute Gasteiger partial charge is 0.395 e. The van der Waals surface area contributed by atoms with E-state index in [1.54, 1.807) is 0 Å². The molecule has 2 unspecified atom stereocenters. The van der Waals surface area contributed by atoms with Crippen LogP contribution in [0.25, 0.3) is 0 Å². The number of hydrogen-bond acceptors (Lipinski definition) is 3. The standard InChI is InChI=1S/C15H23NOS/c1-13-10-16(8-9-18-13)11-15(2,12-17)14-6-4-3-5-7-14/h3-7,13,17H,8-12H2,1-2H3. The molecule has 2 rings (SSSR count). The van der Waals surface area contributed by atoms with Crippen LogP contribution in [0.2, 0.25) is 0 Å². The molecular weight excluding hydrogens is 242 g/mol. The maximum absolute atomic E-state index is 9.80. The van der Waals surface area contributed by atoms with Crippen LogP contribution in [-0.4, -0.2) is 47.3 Å². The third-order valence-corrected chi connectivity index (χ3v) is 4.85. The Hall–Kier alpha value is -0.510. The maximum Gasteiger partial charge on any atom is 0.0537 e. The fourth-order valence-electron chi connectivity index (χ4n) is 2.60. The molecule has 0 aliphatic carbocycles. The Bertz CT molecular complexity index is 370. The Balaban J connectivity index is 2.08. The summed E-state index contributed by atoms with van der Waals surface area (Å²) in [6.07, 6.45) is 0. The molecule has 0 amide bonds. The maximum atomic E-state index is 9.80. The van der Waals surface area contributed by atoms with Crippen molar-refractivity contribution in [3.63, 3.8) is 0 Å². The van der Waals surface area contributed by atoms with E-state index in [1.165, 1.54) is 11.3 Å². The monoisotopic (exact) mass is 265 g/mol. The molecule has 1 aliphatic rings. The van der Waals surface area contributed by atoms with Gasteiger partial charge in [0.15, 0.2) is 0 Å². The van der Waals surface area contributed by atoms with Crippen molar-refractivity contribution in [1.29, 1.82) is 0 Å². The number of benzene rings is 1. The first-order valence-electron chi connectivity index (χ1n) is 6.64. The van der Waals surface area contributed by atoms with Gasteiger partial charge in [-0.05, 0) is 5.56 Å². The van der Waals surface area contributed by atoms with Crippen molar-refractivity contribution in [2.75, 3.05) is 32.0 Å². The van der Waals surface area contributed by atoms with Gasteiger partial charge in [0.1, 0.15) is 0 Å². The van der Waals surface area contributed by atoms with Crippen LogP contribution in [0.1, 0.15) is 19.4 Å². The molecule has 18 heavy (non-hydrogen) atoms. The van der Waals surface area contributed by atoms with Gasteiger partial charge in [0.25, 0.3) is 0 Å². The van der Waals surface area contributed by atoms with Gasteiger partial charge in [-0.15, -0.1) is 0 Å². The number of aliphatic hydroxyl groups excluding tert-OH is 1. The van der Waals surface area contributed by atoms with Gasteiger partial charge >= 0.3 is 0 Å². The van der Waals surface area contributed by atoms with Gasteiger partial charge in [-0.2, -0.15) is 11.8 Å². The summed E-state index contributed by atoms with van der Waals surface area (Å²) in [5.41, 5.74) is 1.08. The minimum absolute atomic E-state index is 0.150. The summed E-state index contributed by atoms with van der Waals surface area (Å²) in [7, 11) is 0. The Kier molecular flexibility index (Phi) is 4.71. The number of aliphatic hydroxyl groups is 1. The predicted molar refractivity (Wildman–Crippen MR) is 79.2 cm³/mol.